The first-order valence-electron chi connectivity index (χ1n) is 6.52. The number of hydrogen-bond donors (Lipinski definition) is 1. The second kappa shape index (κ2) is 4.86. The van der Waals surface area contributed by atoms with Crippen LogP contribution in [0.2, 0.25) is 0 Å². The number of thiophene rings is 1. The van der Waals surface area contributed by atoms with Gasteiger partial charge in [0.25, 0.3) is 0 Å². The third kappa shape index (κ3) is 2.06. The molecule has 0 unspecified atom stereocenters. The standard InChI is InChI=1S/C14H17N5S/c1-8-9(2)18-19(10(8)3)7-12-16-13(15-4)11-5-6-20-14(11)17-12/h5-6H,7H2,1-4H3,(H,15,16,17). The average molecular weight is 287 g/mol. The van der Waals surface area contributed by atoms with Gasteiger partial charge in [-0.3, -0.25) is 4.68 Å². The molecule has 0 bridgehead atoms. The maximum atomic E-state index is 4.63. The molecular weight excluding hydrogens is 270 g/mol. The molecule has 0 radical (unpaired) electrons. The highest BCUT2D eigenvalue weighted by atomic mass is 32.1. The summed E-state index contributed by atoms with van der Waals surface area (Å²) < 4.78 is 1.97. The fraction of sp³-hybridized carbons (Fsp3) is 0.357. The molecule has 3 heterocycles. The zero-order valence-electron chi connectivity index (χ0n) is 12.1. The van der Waals surface area contributed by atoms with Crippen molar-refractivity contribution >= 4 is 27.4 Å². The fourth-order valence-electron chi connectivity index (χ4n) is 2.24. The summed E-state index contributed by atoms with van der Waals surface area (Å²) in [6, 6.07) is 2.04. The van der Waals surface area contributed by atoms with E-state index in [0.717, 1.165) is 27.6 Å². The van der Waals surface area contributed by atoms with Crippen LogP contribution in [-0.4, -0.2) is 26.8 Å². The summed E-state index contributed by atoms with van der Waals surface area (Å²) in [6.07, 6.45) is 0. The molecule has 0 saturated carbocycles. The highest BCUT2D eigenvalue weighted by Gasteiger charge is 2.12. The van der Waals surface area contributed by atoms with E-state index in [1.165, 1.54) is 11.3 Å². The molecule has 20 heavy (non-hydrogen) atoms. The molecule has 104 valence electrons. The number of rotatable bonds is 3. The van der Waals surface area contributed by atoms with Gasteiger partial charge in [-0.05, 0) is 37.8 Å². The maximum absolute atomic E-state index is 4.63. The largest absolute Gasteiger partial charge is 0.372 e. The van der Waals surface area contributed by atoms with Crippen LogP contribution in [0.5, 0.6) is 0 Å². The first-order chi connectivity index (χ1) is 9.60. The van der Waals surface area contributed by atoms with Crippen molar-refractivity contribution in [3.63, 3.8) is 0 Å². The molecular formula is C14H17N5S. The van der Waals surface area contributed by atoms with Crippen LogP contribution in [0.25, 0.3) is 10.2 Å². The van der Waals surface area contributed by atoms with E-state index in [4.69, 9.17) is 0 Å². The van der Waals surface area contributed by atoms with Crippen molar-refractivity contribution in [2.24, 2.45) is 0 Å². The van der Waals surface area contributed by atoms with Gasteiger partial charge in [0.05, 0.1) is 11.1 Å². The zero-order valence-corrected chi connectivity index (χ0v) is 12.9. The summed E-state index contributed by atoms with van der Waals surface area (Å²) in [7, 11) is 1.89. The van der Waals surface area contributed by atoms with Crippen molar-refractivity contribution in [3.05, 3.63) is 34.2 Å². The van der Waals surface area contributed by atoms with Crippen LogP contribution >= 0.6 is 11.3 Å². The number of fused-ring (bicyclic) bond motifs is 1. The van der Waals surface area contributed by atoms with Crippen LogP contribution in [0.15, 0.2) is 11.4 Å². The van der Waals surface area contributed by atoms with E-state index < -0.39 is 0 Å². The van der Waals surface area contributed by atoms with Crippen molar-refractivity contribution in [3.8, 4) is 0 Å². The van der Waals surface area contributed by atoms with Crippen molar-refractivity contribution in [2.75, 3.05) is 12.4 Å². The smallest absolute Gasteiger partial charge is 0.153 e. The van der Waals surface area contributed by atoms with Crippen molar-refractivity contribution in [2.45, 2.75) is 27.3 Å². The molecule has 0 aliphatic heterocycles. The quantitative estimate of drug-likeness (QED) is 0.804. The number of aromatic nitrogens is 4. The van der Waals surface area contributed by atoms with E-state index in [-0.39, 0.29) is 0 Å². The number of nitrogens with zero attached hydrogens (tertiary/aromatic N) is 4. The maximum Gasteiger partial charge on any atom is 0.153 e. The molecule has 5 nitrogen and oxygen atoms in total. The van der Waals surface area contributed by atoms with E-state index >= 15 is 0 Å². The molecule has 0 saturated heterocycles. The molecule has 3 rings (SSSR count). The Bertz CT molecular complexity index is 771. The van der Waals surface area contributed by atoms with Gasteiger partial charge in [0.15, 0.2) is 5.82 Å². The molecule has 0 amide bonds. The molecule has 0 spiro atoms. The molecule has 0 atom stereocenters. The second-order valence-electron chi connectivity index (χ2n) is 4.83. The van der Waals surface area contributed by atoms with Gasteiger partial charge in [-0.1, -0.05) is 0 Å². The normalized spacial score (nSPS) is 11.2. The third-order valence-electron chi connectivity index (χ3n) is 3.64. The van der Waals surface area contributed by atoms with E-state index in [1.54, 1.807) is 11.3 Å². The molecule has 6 heteroatoms. The SMILES string of the molecule is CNc1nc(Cn2nc(C)c(C)c2C)nc2sccc12. The second-order valence-corrected chi connectivity index (χ2v) is 5.73. The van der Waals surface area contributed by atoms with Gasteiger partial charge in [0, 0.05) is 12.7 Å². The fourth-order valence-corrected chi connectivity index (χ4v) is 3.02. The Kier molecular flexibility index (Phi) is 3.17. The topological polar surface area (TPSA) is 55.6 Å². The van der Waals surface area contributed by atoms with E-state index in [1.807, 2.05) is 30.1 Å². The van der Waals surface area contributed by atoms with Crippen molar-refractivity contribution in [1.29, 1.82) is 0 Å². The first-order valence-corrected chi connectivity index (χ1v) is 7.40. The van der Waals surface area contributed by atoms with Crippen LogP contribution < -0.4 is 5.32 Å². The Morgan fingerprint density at radius 3 is 2.70 bits per heavy atom. The predicted molar refractivity (Wildman–Crippen MR) is 82.5 cm³/mol. The molecule has 0 aliphatic rings. The minimum absolute atomic E-state index is 0.600. The summed E-state index contributed by atoms with van der Waals surface area (Å²) in [4.78, 5) is 10.2. The first kappa shape index (κ1) is 13.1. The van der Waals surface area contributed by atoms with Crippen LogP contribution in [0, 0.1) is 20.8 Å². The van der Waals surface area contributed by atoms with Gasteiger partial charge < -0.3 is 5.32 Å². The lowest BCUT2D eigenvalue weighted by atomic mass is 10.2. The average Bonchev–Trinajstić information content (AvgIpc) is 2.99. The van der Waals surface area contributed by atoms with Crippen LogP contribution in [0.1, 0.15) is 22.8 Å². The van der Waals surface area contributed by atoms with Gasteiger partial charge in [0.1, 0.15) is 17.2 Å². The zero-order chi connectivity index (χ0) is 14.3. The Morgan fingerprint density at radius 1 is 1.25 bits per heavy atom. The van der Waals surface area contributed by atoms with Crippen molar-refractivity contribution < 1.29 is 0 Å². The molecule has 0 aliphatic carbocycles. The summed E-state index contributed by atoms with van der Waals surface area (Å²) in [5, 5.41) is 10.8. The molecule has 0 fully saturated rings. The summed E-state index contributed by atoms with van der Waals surface area (Å²) >= 11 is 1.63. The third-order valence-corrected chi connectivity index (χ3v) is 4.45. The Morgan fingerprint density at radius 2 is 2.05 bits per heavy atom. The predicted octanol–water partition coefficient (Wildman–Crippen LogP) is 2.90. The van der Waals surface area contributed by atoms with Gasteiger partial charge in [0.2, 0.25) is 0 Å². The lowest BCUT2D eigenvalue weighted by Crippen LogP contribution is -2.09. The number of nitrogens with one attached hydrogen (secondary N) is 1. The van der Waals surface area contributed by atoms with E-state index in [9.17, 15) is 0 Å². The lowest BCUT2D eigenvalue weighted by Gasteiger charge is -2.07. The highest BCUT2D eigenvalue weighted by Crippen LogP contribution is 2.25. The molecule has 0 aromatic carbocycles. The molecule has 3 aromatic heterocycles. The van der Waals surface area contributed by atoms with Crippen molar-refractivity contribution in [1.82, 2.24) is 19.7 Å². The molecule has 3 aromatic rings. The van der Waals surface area contributed by atoms with Gasteiger partial charge in [-0.2, -0.15) is 5.10 Å². The summed E-state index contributed by atoms with van der Waals surface area (Å²) in [6.45, 7) is 6.80. The van der Waals surface area contributed by atoms with Gasteiger partial charge in [-0.25, -0.2) is 9.97 Å². The Hall–Kier alpha value is -1.95. The molecule has 1 N–H and O–H groups in total. The highest BCUT2D eigenvalue weighted by molar-refractivity contribution is 7.16. The van der Waals surface area contributed by atoms with E-state index in [2.05, 4.69) is 34.2 Å². The number of hydrogen-bond acceptors (Lipinski definition) is 5. The lowest BCUT2D eigenvalue weighted by molar-refractivity contribution is 0.634. The van der Waals surface area contributed by atoms with Crippen LogP contribution in [0.4, 0.5) is 5.82 Å². The minimum Gasteiger partial charge on any atom is -0.372 e. The van der Waals surface area contributed by atoms with Gasteiger partial charge in [-0.15, -0.1) is 11.3 Å². The summed E-state index contributed by atoms with van der Waals surface area (Å²) in [5.74, 6) is 1.67. The number of aryl methyl sites for hydroxylation is 1. The minimum atomic E-state index is 0.600. The Labute approximate surface area is 121 Å². The van der Waals surface area contributed by atoms with E-state index in [0.29, 0.717) is 6.54 Å². The van der Waals surface area contributed by atoms with Gasteiger partial charge >= 0.3 is 0 Å². The number of anilines is 1. The summed E-state index contributed by atoms with van der Waals surface area (Å²) in [5.41, 5.74) is 3.47. The monoisotopic (exact) mass is 287 g/mol. The van der Waals surface area contributed by atoms with Crippen LogP contribution in [0.3, 0.4) is 0 Å². The Balaban J connectivity index is 2.04. The van der Waals surface area contributed by atoms with Crippen LogP contribution in [-0.2, 0) is 6.54 Å².